The minimum atomic E-state index is -0.303. The molecule has 0 radical (unpaired) electrons. The molecule has 0 aliphatic rings. The number of fused-ring (bicyclic) bond motifs is 3. The predicted octanol–water partition coefficient (Wildman–Crippen LogP) is 5.31. The highest BCUT2D eigenvalue weighted by Gasteiger charge is 2.22. The van der Waals surface area contributed by atoms with Crippen LogP contribution in [0, 0.1) is 0 Å². The maximum absolute atomic E-state index is 12.9. The fourth-order valence-corrected chi connectivity index (χ4v) is 3.48. The zero-order chi connectivity index (χ0) is 16.4. The molecule has 0 aliphatic heterocycles. The van der Waals surface area contributed by atoms with E-state index in [0.29, 0.717) is 13.0 Å². The number of aromatic nitrogens is 1. The Morgan fingerprint density at radius 1 is 0.667 bits per heavy atom. The number of hydrogen-bond donors (Lipinski definition) is 0. The molecule has 1 nitrogen and oxygen atoms in total. The molecule has 0 spiro atoms. The SMILES string of the molecule is FCCC[n+]1c(-c2ccccc2)c2ccccc2c2ccccc21. The third-order valence-corrected chi connectivity index (χ3v) is 4.50. The molecule has 0 aliphatic carbocycles. The number of aryl methyl sites for hydroxylation is 1. The predicted molar refractivity (Wildman–Crippen MR) is 97.7 cm³/mol. The summed E-state index contributed by atoms with van der Waals surface area (Å²) in [4.78, 5) is 0. The van der Waals surface area contributed by atoms with Crippen LogP contribution in [0.25, 0.3) is 32.9 Å². The Hall–Kier alpha value is -2.74. The maximum Gasteiger partial charge on any atom is 0.220 e. The van der Waals surface area contributed by atoms with Gasteiger partial charge in [0.25, 0.3) is 0 Å². The minimum Gasteiger partial charge on any atom is -0.251 e. The molecule has 118 valence electrons. The molecule has 4 rings (SSSR count). The van der Waals surface area contributed by atoms with Crippen LogP contribution in [-0.2, 0) is 6.54 Å². The van der Waals surface area contributed by atoms with Gasteiger partial charge in [0, 0.05) is 23.4 Å². The number of hydrogen-bond acceptors (Lipinski definition) is 0. The van der Waals surface area contributed by atoms with Crippen LogP contribution in [0.15, 0.2) is 78.9 Å². The summed E-state index contributed by atoms with van der Waals surface area (Å²) in [6.07, 6.45) is 0.521. The summed E-state index contributed by atoms with van der Waals surface area (Å²) in [6, 6.07) is 27.3. The lowest BCUT2D eigenvalue weighted by Gasteiger charge is -2.11. The van der Waals surface area contributed by atoms with Crippen molar-refractivity contribution in [3.8, 4) is 11.3 Å². The van der Waals surface area contributed by atoms with Crippen molar-refractivity contribution in [1.29, 1.82) is 0 Å². The van der Waals surface area contributed by atoms with E-state index in [-0.39, 0.29) is 6.67 Å². The minimum absolute atomic E-state index is 0.303. The van der Waals surface area contributed by atoms with Crippen molar-refractivity contribution in [3.63, 3.8) is 0 Å². The number of rotatable bonds is 4. The van der Waals surface area contributed by atoms with Crippen LogP contribution in [-0.4, -0.2) is 6.67 Å². The van der Waals surface area contributed by atoms with E-state index in [1.165, 1.54) is 27.4 Å². The lowest BCUT2D eigenvalue weighted by Crippen LogP contribution is -2.38. The van der Waals surface area contributed by atoms with Crippen LogP contribution in [0.3, 0.4) is 0 Å². The average molecular weight is 316 g/mol. The molecule has 4 aromatic rings. The maximum atomic E-state index is 12.9. The van der Waals surface area contributed by atoms with E-state index in [4.69, 9.17) is 0 Å². The molecule has 3 aromatic carbocycles. The molecule has 24 heavy (non-hydrogen) atoms. The van der Waals surface area contributed by atoms with Crippen LogP contribution < -0.4 is 4.57 Å². The lowest BCUT2D eigenvalue weighted by atomic mass is 9.99. The van der Waals surface area contributed by atoms with E-state index in [1.54, 1.807) is 0 Å². The summed E-state index contributed by atoms with van der Waals surface area (Å²) in [7, 11) is 0. The molecule has 1 heterocycles. The van der Waals surface area contributed by atoms with Gasteiger partial charge in [-0.15, -0.1) is 0 Å². The van der Waals surface area contributed by atoms with Gasteiger partial charge in [-0.3, -0.25) is 4.39 Å². The molecule has 0 amide bonds. The quantitative estimate of drug-likeness (QED) is 0.355. The van der Waals surface area contributed by atoms with E-state index in [2.05, 4.69) is 77.4 Å². The monoisotopic (exact) mass is 316 g/mol. The van der Waals surface area contributed by atoms with E-state index < -0.39 is 0 Å². The van der Waals surface area contributed by atoms with Gasteiger partial charge in [-0.1, -0.05) is 48.5 Å². The van der Waals surface area contributed by atoms with Crippen molar-refractivity contribution in [2.75, 3.05) is 6.67 Å². The normalized spacial score (nSPS) is 11.2. The zero-order valence-electron chi connectivity index (χ0n) is 13.5. The second kappa shape index (κ2) is 6.40. The zero-order valence-corrected chi connectivity index (χ0v) is 13.5. The number of nitrogens with zero attached hydrogens (tertiary/aromatic N) is 1. The van der Waals surface area contributed by atoms with Crippen LogP contribution in [0.2, 0.25) is 0 Å². The van der Waals surface area contributed by atoms with Gasteiger partial charge >= 0.3 is 0 Å². The van der Waals surface area contributed by atoms with Crippen LogP contribution >= 0.6 is 0 Å². The van der Waals surface area contributed by atoms with Crippen LogP contribution in [0.1, 0.15) is 6.42 Å². The van der Waals surface area contributed by atoms with Crippen LogP contribution in [0.4, 0.5) is 4.39 Å². The summed E-state index contributed by atoms with van der Waals surface area (Å²) in [5, 5.41) is 3.66. The van der Waals surface area contributed by atoms with Crippen molar-refractivity contribution in [1.82, 2.24) is 0 Å². The van der Waals surface area contributed by atoms with Crippen molar-refractivity contribution in [2.45, 2.75) is 13.0 Å². The van der Waals surface area contributed by atoms with Crippen molar-refractivity contribution in [3.05, 3.63) is 78.9 Å². The van der Waals surface area contributed by atoms with Gasteiger partial charge in [-0.05, 0) is 24.3 Å². The highest BCUT2D eigenvalue weighted by molar-refractivity contribution is 6.08. The molecule has 2 heteroatoms. The van der Waals surface area contributed by atoms with Gasteiger partial charge in [0.15, 0.2) is 6.54 Å². The Morgan fingerprint density at radius 3 is 2.04 bits per heavy atom. The van der Waals surface area contributed by atoms with Crippen molar-refractivity contribution in [2.24, 2.45) is 0 Å². The Morgan fingerprint density at radius 2 is 1.29 bits per heavy atom. The van der Waals surface area contributed by atoms with Gasteiger partial charge in [-0.2, -0.15) is 4.57 Å². The van der Waals surface area contributed by atoms with Crippen LogP contribution in [0.5, 0.6) is 0 Å². The van der Waals surface area contributed by atoms with Crippen molar-refractivity contribution >= 4 is 21.7 Å². The van der Waals surface area contributed by atoms with Gasteiger partial charge < -0.3 is 0 Å². The Labute approximate surface area is 141 Å². The summed E-state index contributed by atoms with van der Waals surface area (Å²) >= 11 is 0. The first kappa shape index (κ1) is 14.8. The number of para-hydroxylation sites is 1. The van der Waals surface area contributed by atoms with E-state index >= 15 is 0 Å². The fraction of sp³-hybridized carbons (Fsp3) is 0.136. The van der Waals surface area contributed by atoms with Gasteiger partial charge in [0.05, 0.1) is 17.4 Å². The molecule has 0 fully saturated rings. The molecule has 0 saturated heterocycles. The third kappa shape index (κ3) is 2.44. The Kier molecular flexibility index (Phi) is 3.96. The average Bonchev–Trinajstić information content (AvgIpc) is 2.66. The highest BCUT2D eigenvalue weighted by Crippen LogP contribution is 2.31. The molecule has 0 bridgehead atoms. The molecular weight excluding hydrogens is 297 g/mol. The van der Waals surface area contributed by atoms with Gasteiger partial charge in [-0.25, -0.2) is 0 Å². The third-order valence-electron chi connectivity index (χ3n) is 4.50. The fourth-order valence-electron chi connectivity index (χ4n) is 3.48. The number of benzene rings is 3. The Balaban J connectivity index is 2.16. The van der Waals surface area contributed by atoms with Gasteiger partial charge in [0.1, 0.15) is 0 Å². The summed E-state index contributed by atoms with van der Waals surface area (Å²) in [5.74, 6) is 0. The first-order chi connectivity index (χ1) is 11.9. The second-order valence-corrected chi connectivity index (χ2v) is 5.97. The summed E-state index contributed by atoms with van der Waals surface area (Å²) in [5.41, 5.74) is 3.49. The first-order valence-corrected chi connectivity index (χ1v) is 8.35. The lowest BCUT2D eigenvalue weighted by molar-refractivity contribution is -0.659. The first-order valence-electron chi connectivity index (χ1n) is 8.35. The summed E-state index contributed by atoms with van der Waals surface area (Å²) < 4.78 is 15.2. The smallest absolute Gasteiger partial charge is 0.220 e. The number of halogens is 1. The Bertz CT molecular complexity index is 993. The molecule has 0 N–H and O–H groups in total. The molecule has 0 unspecified atom stereocenters. The number of pyridine rings is 1. The van der Waals surface area contributed by atoms with E-state index in [1.807, 2.05) is 6.07 Å². The highest BCUT2D eigenvalue weighted by atomic mass is 19.1. The van der Waals surface area contributed by atoms with Crippen molar-refractivity contribution < 1.29 is 8.96 Å². The largest absolute Gasteiger partial charge is 0.251 e. The van der Waals surface area contributed by atoms with E-state index in [9.17, 15) is 4.39 Å². The van der Waals surface area contributed by atoms with Gasteiger partial charge in [0.2, 0.25) is 11.2 Å². The standard InChI is InChI=1S/C22H19FN/c23-15-8-16-24-21-14-7-6-12-19(21)18-11-4-5-13-20(18)22(24)17-9-2-1-3-10-17/h1-7,9-14H,8,15-16H2/q+1. The molecule has 1 aromatic heterocycles. The molecule has 0 atom stereocenters. The number of alkyl halides is 1. The second-order valence-electron chi connectivity index (χ2n) is 5.97. The topological polar surface area (TPSA) is 3.88 Å². The van der Waals surface area contributed by atoms with E-state index in [0.717, 1.165) is 5.52 Å². The molecular formula is C22H19FN+. The summed E-state index contributed by atoms with van der Waals surface area (Å²) in [6.45, 7) is 0.370. The molecule has 0 saturated carbocycles.